The number of amides is 2. The number of likely N-dealkylation sites (tertiary alicyclic amines) is 1. The summed E-state index contributed by atoms with van der Waals surface area (Å²) >= 11 is 0. The minimum atomic E-state index is -0.0380. The number of benzene rings is 2. The molecule has 4 nitrogen and oxygen atoms in total. The van der Waals surface area contributed by atoms with Gasteiger partial charge in [-0.2, -0.15) is 0 Å². The second-order valence-electron chi connectivity index (χ2n) is 6.72. The second kappa shape index (κ2) is 7.51. The van der Waals surface area contributed by atoms with Crippen LogP contribution in [0.3, 0.4) is 0 Å². The fraction of sp³-hybridized carbons (Fsp3) is 0.333. The Kier molecular flexibility index (Phi) is 5.17. The number of hydrogen-bond donors (Lipinski definition) is 1. The molecule has 0 saturated carbocycles. The number of piperidine rings is 1. The average Bonchev–Trinajstić information content (AvgIpc) is 2.64. The maximum Gasteiger partial charge on any atom is 0.253 e. The first-order valence-electron chi connectivity index (χ1n) is 8.77. The molecule has 1 saturated heterocycles. The molecule has 3 rings (SSSR count). The molecule has 0 bridgehead atoms. The summed E-state index contributed by atoms with van der Waals surface area (Å²) in [7, 11) is 0. The van der Waals surface area contributed by atoms with Gasteiger partial charge in [0, 0.05) is 30.3 Å². The highest BCUT2D eigenvalue weighted by Gasteiger charge is 2.27. The molecule has 130 valence electrons. The summed E-state index contributed by atoms with van der Waals surface area (Å²) in [4.78, 5) is 26.9. The van der Waals surface area contributed by atoms with Crippen LogP contribution in [0.2, 0.25) is 0 Å². The number of carbonyl (C=O) groups excluding carboxylic acids is 2. The zero-order valence-corrected chi connectivity index (χ0v) is 14.8. The third-order valence-corrected chi connectivity index (χ3v) is 4.95. The molecule has 2 aromatic rings. The Bertz CT molecular complexity index is 763. The zero-order valence-electron chi connectivity index (χ0n) is 14.8. The molecule has 0 radical (unpaired) electrons. The summed E-state index contributed by atoms with van der Waals surface area (Å²) in [5.41, 5.74) is 3.87. The quantitative estimate of drug-likeness (QED) is 0.927. The highest BCUT2D eigenvalue weighted by atomic mass is 16.2. The van der Waals surface area contributed by atoms with Crippen molar-refractivity contribution in [3.05, 3.63) is 65.2 Å². The van der Waals surface area contributed by atoms with Gasteiger partial charge in [0.2, 0.25) is 5.91 Å². The van der Waals surface area contributed by atoms with E-state index in [-0.39, 0.29) is 17.7 Å². The highest BCUT2D eigenvalue weighted by molar-refractivity contribution is 5.95. The van der Waals surface area contributed by atoms with Crippen molar-refractivity contribution in [2.75, 3.05) is 18.4 Å². The van der Waals surface area contributed by atoms with E-state index in [1.807, 2.05) is 67.3 Å². The molecular formula is C21H24N2O2. The molecule has 1 N–H and O–H groups in total. The van der Waals surface area contributed by atoms with E-state index in [2.05, 4.69) is 5.32 Å². The number of nitrogens with one attached hydrogen (secondary N) is 1. The summed E-state index contributed by atoms with van der Waals surface area (Å²) in [6.07, 6.45) is 1.41. The minimum absolute atomic E-state index is 0.0380. The van der Waals surface area contributed by atoms with E-state index in [0.29, 0.717) is 25.9 Å². The number of rotatable bonds is 3. The van der Waals surface area contributed by atoms with E-state index in [9.17, 15) is 9.59 Å². The van der Waals surface area contributed by atoms with Crippen LogP contribution in [0.1, 0.15) is 34.3 Å². The first kappa shape index (κ1) is 17.2. The summed E-state index contributed by atoms with van der Waals surface area (Å²) in [6.45, 7) is 5.31. The lowest BCUT2D eigenvalue weighted by molar-refractivity contribution is -0.121. The van der Waals surface area contributed by atoms with Crippen molar-refractivity contribution < 1.29 is 9.59 Å². The standard InChI is InChI=1S/C21H24N2O2/c1-15-8-9-18(14-16(15)2)21(25)23-12-10-17(11-13-23)20(24)22-19-6-4-3-5-7-19/h3-9,14,17H,10-13H2,1-2H3,(H,22,24). The fourth-order valence-electron chi connectivity index (χ4n) is 3.17. The van der Waals surface area contributed by atoms with Gasteiger partial charge in [0.15, 0.2) is 0 Å². The third-order valence-electron chi connectivity index (χ3n) is 4.95. The van der Waals surface area contributed by atoms with Gasteiger partial charge >= 0.3 is 0 Å². The Hall–Kier alpha value is -2.62. The molecule has 0 unspecified atom stereocenters. The van der Waals surface area contributed by atoms with E-state index >= 15 is 0 Å². The molecule has 1 aliphatic heterocycles. The van der Waals surface area contributed by atoms with Crippen molar-refractivity contribution >= 4 is 17.5 Å². The van der Waals surface area contributed by atoms with Crippen molar-refractivity contribution in [2.45, 2.75) is 26.7 Å². The van der Waals surface area contributed by atoms with Gasteiger partial charge in [0.1, 0.15) is 0 Å². The van der Waals surface area contributed by atoms with Gasteiger partial charge in [-0.15, -0.1) is 0 Å². The van der Waals surface area contributed by atoms with Crippen LogP contribution in [0.25, 0.3) is 0 Å². The molecular weight excluding hydrogens is 312 g/mol. The molecule has 2 aromatic carbocycles. The first-order chi connectivity index (χ1) is 12.0. The monoisotopic (exact) mass is 336 g/mol. The number of para-hydroxylation sites is 1. The third kappa shape index (κ3) is 4.08. The summed E-state index contributed by atoms with van der Waals surface area (Å²) < 4.78 is 0. The lowest BCUT2D eigenvalue weighted by atomic mass is 9.95. The molecule has 2 amide bonds. The number of hydrogen-bond acceptors (Lipinski definition) is 2. The van der Waals surface area contributed by atoms with Crippen LogP contribution in [0, 0.1) is 19.8 Å². The van der Waals surface area contributed by atoms with Gasteiger partial charge in [-0.3, -0.25) is 9.59 Å². The molecule has 1 fully saturated rings. The second-order valence-corrected chi connectivity index (χ2v) is 6.72. The summed E-state index contributed by atoms with van der Waals surface area (Å²) in [6, 6.07) is 15.3. The average molecular weight is 336 g/mol. The van der Waals surface area contributed by atoms with Gasteiger partial charge < -0.3 is 10.2 Å². The van der Waals surface area contributed by atoms with E-state index in [1.165, 1.54) is 5.56 Å². The molecule has 25 heavy (non-hydrogen) atoms. The Balaban J connectivity index is 1.57. The maximum absolute atomic E-state index is 12.7. The van der Waals surface area contributed by atoms with Crippen molar-refractivity contribution in [2.24, 2.45) is 5.92 Å². The molecule has 4 heteroatoms. The minimum Gasteiger partial charge on any atom is -0.339 e. The maximum atomic E-state index is 12.7. The smallest absolute Gasteiger partial charge is 0.253 e. The molecule has 0 aromatic heterocycles. The van der Waals surface area contributed by atoms with E-state index in [0.717, 1.165) is 16.8 Å². The molecule has 0 atom stereocenters. The van der Waals surface area contributed by atoms with E-state index in [4.69, 9.17) is 0 Å². The Morgan fingerprint density at radius 1 is 0.960 bits per heavy atom. The Morgan fingerprint density at radius 3 is 2.28 bits per heavy atom. The van der Waals surface area contributed by atoms with Gasteiger partial charge in [-0.05, 0) is 62.1 Å². The topological polar surface area (TPSA) is 49.4 Å². The van der Waals surface area contributed by atoms with Crippen LogP contribution in [0.4, 0.5) is 5.69 Å². The predicted octanol–water partition coefficient (Wildman–Crippen LogP) is 3.79. The number of aryl methyl sites for hydroxylation is 2. The molecule has 0 aliphatic carbocycles. The SMILES string of the molecule is Cc1ccc(C(=O)N2CCC(C(=O)Nc3ccccc3)CC2)cc1C. The van der Waals surface area contributed by atoms with Gasteiger partial charge in [-0.1, -0.05) is 24.3 Å². The van der Waals surface area contributed by atoms with Gasteiger partial charge in [0.05, 0.1) is 0 Å². The van der Waals surface area contributed by atoms with Crippen LogP contribution < -0.4 is 5.32 Å². The lowest BCUT2D eigenvalue weighted by Crippen LogP contribution is -2.41. The summed E-state index contributed by atoms with van der Waals surface area (Å²) in [5.74, 6) is 0.0681. The number of carbonyl (C=O) groups is 2. The van der Waals surface area contributed by atoms with E-state index < -0.39 is 0 Å². The Morgan fingerprint density at radius 2 is 1.64 bits per heavy atom. The number of anilines is 1. The molecule has 1 aliphatic rings. The fourth-order valence-corrected chi connectivity index (χ4v) is 3.17. The van der Waals surface area contributed by atoms with Gasteiger partial charge in [-0.25, -0.2) is 0 Å². The molecule has 0 spiro atoms. The van der Waals surface area contributed by atoms with Crippen molar-refractivity contribution in [1.82, 2.24) is 4.90 Å². The van der Waals surface area contributed by atoms with Crippen molar-refractivity contribution in [1.29, 1.82) is 0 Å². The van der Waals surface area contributed by atoms with E-state index in [1.54, 1.807) is 0 Å². The largest absolute Gasteiger partial charge is 0.339 e. The van der Waals surface area contributed by atoms with Crippen LogP contribution >= 0.6 is 0 Å². The molecule has 1 heterocycles. The zero-order chi connectivity index (χ0) is 17.8. The Labute approximate surface area is 148 Å². The van der Waals surface area contributed by atoms with Crippen molar-refractivity contribution in [3.8, 4) is 0 Å². The van der Waals surface area contributed by atoms with Crippen LogP contribution in [0.5, 0.6) is 0 Å². The van der Waals surface area contributed by atoms with Gasteiger partial charge in [0.25, 0.3) is 5.91 Å². The highest BCUT2D eigenvalue weighted by Crippen LogP contribution is 2.21. The number of nitrogens with zero attached hydrogens (tertiary/aromatic N) is 1. The predicted molar refractivity (Wildman–Crippen MR) is 99.6 cm³/mol. The van der Waals surface area contributed by atoms with Crippen LogP contribution in [0.15, 0.2) is 48.5 Å². The van der Waals surface area contributed by atoms with Crippen LogP contribution in [-0.4, -0.2) is 29.8 Å². The van der Waals surface area contributed by atoms with Crippen LogP contribution in [-0.2, 0) is 4.79 Å². The first-order valence-corrected chi connectivity index (χ1v) is 8.77. The van der Waals surface area contributed by atoms with Crippen molar-refractivity contribution in [3.63, 3.8) is 0 Å². The summed E-state index contributed by atoms with van der Waals surface area (Å²) in [5, 5.41) is 2.96. The normalized spacial score (nSPS) is 15.0. The lowest BCUT2D eigenvalue weighted by Gasteiger charge is -2.31.